The molecule has 0 saturated heterocycles. The van der Waals surface area contributed by atoms with Gasteiger partial charge in [0.05, 0.1) is 18.2 Å². The van der Waals surface area contributed by atoms with E-state index in [1.807, 2.05) is 11.5 Å². The van der Waals surface area contributed by atoms with Gasteiger partial charge in [-0.05, 0) is 48.7 Å². The van der Waals surface area contributed by atoms with E-state index < -0.39 is 23.5 Å². The Morgan fingerprint density at radius 2 is 1.74 bits per heavy atom. The van der Waals surface area contributed by atoms with Gasteiger partial charge in [0.15, 0.2) is 11.6 Å². The van der Waals surface area contributed by atoms with Crippen molar-refractivity contribution in [2.24, 2.45) is 5.73 Å². The molecule has 0 aliphatic carbocycles. The molecule has 3 aromatic rings. The minimum absolute atomic E-state index is 0.263. The first-order chi connectivity index (χ1) is 14.8. The van der Waals surface area contributed by atoms with E-state index in [0.29, 0.717) is 34.4 Å². The van der Waals surface area contributed by atoms with Crippen molar-refractivity contribution < 1.29 is 23.1 Å². The van der Waals surface area contributed by atoms with Gasteiger partial charge in [0.1, 0.15) is 0 Å². The lowest BCUT2D eigenvalue weighted by Gasteiger charge is -2.13. The second kappa shape index (κ2) is 9.12. The van der Waals surface area contributed by atoms with E-state index in [1.165, 1.54) is 13.2 Å². The molecule has 162 valence electrons. The molecule has 0 aliphatic heterocycles. The average molecular weight is 426 g/mol. The summed E-state index contributed by atoms with van der Waals surface area (Å²) in [7, 11) is 1.31. The van der Waals surface area contributed by atoms with Crippen molar-refractivity contribution in [2.75, 3.05) is 7.11 Å². The highest BCUT2D eigenvalue weighted by Gasteiger charge is 2.25. The van der Waals surface area contributed by atoms with Crippen LogP contribution in [0.15, 0.2) is 42.5 Å². The number of rotatable bonds is 7. The fraction of sp³-hybridized carbons (Fsp3) is 0.250. The number of carbonyl (C=O) groups is 2. The molecule has 7 heteroatoms. The van der Waals surface area contributed by atoms with Crippen LogP contribution in [0.2, 0.25) is 0 Å². The number of nitrogens with zero attached hydrogens (tertiary/aromatic N) is 1. The molecule has 2 N–H and O–H groups in total. The van der Waals surface area contributed by atoms with Crippen molar-refractivity contribution in [3.63, 3.8) is 0 Å². The number of hydrogen-bond donors (Lipinski definition) is 1. The Labute approximate surface area is 179 Å². The summed E-state index contributed by atoms with van der Waals surface area (Å²) in [5.41, 5.74) is 9.99. The lowest BCUT2D eigenvalue weighted by atomic mass is 9.97. The van der Waals surface area contributed by atoms with Crippen LogP contribution in [-0.2, 0) is 17.7 Å². The molecule has 0 spiro atoms. The standard InChI is InChI=1S/C24H24F2N2O3/c1-4-5-20-22(16-7-9-17(10-8-16)24(30)31-3)21(23(27)29)14(2)28(20)13-15-6-11-18(25)19(26)12-15/h6-12H,4-5,13H2,1-3H3,(H2,27,29). The summed E-state index contributed by atoms with van der Waals surface area (Å²) in [5, 5.41) is 0. The molecule has 3 rings (SSSR count). The number of hydrogen-bond acceptors (Lipinski definition) is 3. The van der Waals surface area contributed by atoms with E-state index in [2.05, 4.69) is 0 Å². The van der Waals surface area contributed by atoms with Gasteiger partial charge in [-0.1, -0.05) is 31.5 Å². The van der Waals surface area contributed by atoms with E-state index in [4.69, 9.17) is 10.5 Å². The zero-order valence-electron chi connectivity index (χ0n) is 17.7. The van der Waals surface area contributed by atoms with Crippen LogP contribution in [0.25, 0.3) is 11.1 Å². The monoisotopic (exact) mass is 426 g/mol. The molecule has 2 aromatic carbocycles. The summed E-state index contributed by atoms with van der Waals surface area (Å²) in [6.45, 7) is 4.06. The van der Waals surface area contributed by atoms with Crippen LogP contribution in [0.3, 0.4) is 0 Å². The number of ether oxygens (including phenoxy) is 1. The number of amides is 1. The lowest BCUT2D eigenvalue weighted by molar-refractivity contribution is 0.0600. The van der Waals surface area contributed by atoms with Crippen LogP contribution < -0.4 is 5.73 Å². The highest BCUT2D eigenvalue weighted by atomic mass is 19.2. The average Bonchev–Trinajstić information content (AvgIpc) is 3.02. The second-order valence-electron chi connectivity index (χ2n) is 7.30. The molecule has 1 heterocycles. The van der Waals surface area contributed by atoms with Crippen molar-refractivity contribution in [3.05, 3.63) is 82.2 Å². The summed E-state index contributed by atoms with van der Waals surface area (Å²) < 4.78 is 33.8. The van der Waals surface area contributed by atoms with Gasteiger partial charge >= 0.3 is 5.97 Å². The number of primary amides is 1. The molecule has 0 radical (unpaired) electrons. The quantitative estimate of drug-likeness (QED) is 0.560. The Kier molecular flexibility index (Phi) is 6.53. The van der Waals surface area contributed by atoms with E-state index in [0.717, 1.165) is 29.8 Å². The number of halogens is 2. The van der Waals surface area contributed by atoms with E-state index in [-0.39, 0.29) is 6.54 Å². The van der Waals surface area contributed by atoms with Crippen LogP contribution in [0.1, 0.15) is 51.0 Å². The van der Waals surface area contributed by atoms with Crippen molar-refractivity contribution in [1.29, 1.82) is 0 Å². The number of aromatic nitrogens is 1. The zero-order valence-corrected chi connectivity index (χ0v) is 17.7. The number of nitrogens with two attached hydrogens (primary N) is 1. The Bertz CT molecular complexity index is 1130. The van der Waals surface area contributed by atoms with Crippen molar-refractivity contribution in [3.8, 4) is 11.1 Å². The van der Waals surface area contributed by atoms with Crippen LogP contribution in [0, 0.1) is 18.6 Å². The van der Waals surface area contributed by atoms with Crippen LogP contribution in [0.5, 0.6) is 0 Å². The van der Waals surface area contributed by atoms with Gasteiger partial charge in [-0.15, -0.1) is 0 Å². The molecule has 1 aromatic heterocycles. The van der Waals surface area contributed by atoms with E-state index in [1.54, 1.807) is 31.2 Å². The van der Waals surface area contributed by atoms with Gasteiger partial charge < -0.3 is 15.0 Å². The largest absolute Gasteiger partial charge is 0.465 e. The Morgan fingerprint density at radius 1 is 1.06 bits per heavy atom. The maximum Gasteiger partial charge on any atom is 0.337 e. The van der Waals surface area contributed by atoms with Crippen molar-refractivity contribution in [1.82, 2.24) is 4.57 Å². The first-order valence-corrected chi connectivity index (χ1v) is 9.92. The van der Waals surface area contributed by atoms with E-state index >= 15 is 0 Å². The highest BCUT2D eigenvalue weighted by molar-refractivity contribution is 6.02. The van der Waals surface area contributed by atoms with Gasteiger partial charge in [-0.25, -0.2) is 13.6 Å². The molecule has 0 bridgehead atoms. The second-order valence-corrected chi connectivity index (χ2v) is 7.30. The minimum Gasteiger partial charge on any atom is -0.465 e. The molecule has 5 nitrogen and oxygen atoms in total. The maximum atomic E-state index is 13.7. The van der Waals surface area contributed by atoms with Crippen molar-refractivity contribution in [2.45, 2.75) is 33.2 Å². The summed E-state index contributed by atoms with van der Waals surface area (Å²) in [6.07, 6.45) is 1.44. The molecular weight excluding hydrogens is 402 g/mol. The third kappa shape index (κ3) is 4.35. The molecule has 0 saturated carbocycles. The van der Waals surface area contributed by atoms with Gasteiger partial charge in [0, 0.05) is 23.5 Å². The summed E-state index contributed by atoms with van der Waals surface area (Å²) in [6, 6.07) is 10.5. The van der Waals surface area contributed by atoms with Crippen molar-refractivity contribution >= 4 is 11.9 Å². The fourth-order valence-corrected chi connectivity index (χ4v) is 3.83. The SMILES string of the molecule is CCCc1c(-c2ccc(C(=O)OC)cc2)c(C(N)=O)c(C)n1Cc1ccc(F)c(F)c1. The van der Waals surface area contributed by atoms with Gasteiger partial charge in [-0.2, -0.15) is 0 Å². The molecule has 0 unspecified atom stereocenters. The summed E-state index contributed by atoms with van der Waals surface area (Å²) >= 11 is 0. The van der Waals surface area contributed by atoms with Gasteiger partial charge in [0.2, 0.25) is 0 Å². The third-order valence-corrected chi connectivity index (χ3v) is 5.28. The lowest BCUT2D eigenvalue weighted by Crippen LogP contribution is -2.13. The summed E-state index contributed by atoms with van der Waals surface area (Å²) in [4.78, 5) is 24.1. The Hall–Kier alpha value is -3.48. The Balaban J connectivity index is 2.18. The molecule has 31 heavy (non-hydrogen) atoms. The number of benzene rings is 2. The van der Waals surface area contributed by atoms with E-state index in [9.17, 15) is 18.4 Å². The number of methoxy groups -OCH3 is 1. The first-order valence-electron chi connectivity index (χ1n) is 9.92. The third-order valence-electron chi connectivity index (χ3n) is 5.28. The zero-order chi connectivity index (χ0) is 22.7. The minimum atomic E-state index is -0.923. The topological polar surface area (TPSA) is 74.3 Å². The normalized spacial score (nSPS) is 10.9. The predicted octanol–water partition coefficient (Wildman–Crippen LogP) is 4.63. The summed E-state index contributed by atoms with van der Waals surface area (Å²) in [5.74, 6) is -2.87. The fourth-order valence-electron chi connectivity index (χ4n) is 3.83. The highest BCUT2D eigenvalue weighted by Crippen LogP contribution is 2.34. The number of carbonyl (C=O) groups excluding carboxylic acids is 2. The van der Waals surface area contributed by atoms with Crippen LogP contribution >= 0.6 is 0 Å². The van der Waals surface area contributed by atoms with Gasteiger partial charge in [0.25, 0.3) is 5.91 Å². The van der Waals surface area contributed by atoms with Crippen LogP contribution in [-0.4, -0.2) is 23.6 Å². The molecular formula is C24H24F2N2O3. The number of esters is 1. The smallest absolute Gasteiger partial charge is 0.337 e. The molecule has 0 atom stereocenters. The molecule has 1 amide bonds. The predicted molar refractivity (Wildman–Crippen MR) is 114 cm³/mol. The van der Waals surface area contributed by atoms with Crippen LogP contribution in [0.4, 0.5) is 8.78 Å². The maximum absolute atomic E-state index is 13.7. The first kappa shape index (κ1) is 22.2. The molecule has 0 aliphatic rings. The van der Waals surface area contributed by atoms with Gasteiger partial charge in [-0.3, -0.25) is 4.79 Å². The molecule has 0 fully saturated rings. The Morgan fingerprint density at radius 3 is 2.29 bits per heavy atom.